The summed E-state index contributed by atoms with van der Waals surface area (Å²) in [6, 6.07) is 11.3. The molecule has 2 aromatic rings. The second-order valence-corrected chi connectivity index (χ2v) is 3.54. The number of carboxylic acids is 1. The standard InChI is InChI=1S/C13H11NO2.C2H6/c14-12-5-4-10-7-9(2-6-13(15)16)1-3-11(10)8-12;1-2/h1-8H,14H2,(H,15,16);1-2H3/b6-2+;. The third-order valence-electron chi connectivity index (χ3n) is 2.31. The molecular weight excluding hydrogens is 226 g/mol. The van der Waals surface area contributed by atoms with Crippen LogP contribution in [-0.2, 0) is 4.79 Å². The molecule has 94 valence electrons. The fraction of sp³-hybridized carbons (Fsp3) is 0.133. The molecule has 0 atom stereocenters. The van der Waals surface area contributed by atoms with Crippen LogP contribution < -0.4 is 5.73 Å². The van der Waals surface area contributed by atoms with Gasteiger partial charge >= 0.3 is 5.97 Å². The molecular formula is C15H17NO2. The van der Waals surface area contributed by atoms with E-state index in [4.69, 9.17) is 10.8 Å². The molecule has 3 N–H and O–H groups in total. The normalized spacial score (nSPS) is 10.1. The second kappa shape index (κ2) is 6.45. The number of nitrogen functional groups attached to an aromatic ring is 1. The summed E-state index contributed by atoms with van der Waals surface area (Å²) in [4.78, 5) is 10.4. The van der Waals surface area contributed by atoms with Crippen LogP contribution >= 0.6 is 0 Å². The van der Waals surface area contributed by atoms with E-state index in [1.165, 1.54) is 0 Å². The smallest absolute Gasteiger partial charge is 0.328 e. The lowest BCUT2D eigenvalue weighted by Gasteiger charge is -2.00. The van der Waals surface area contributed by atoms with Gasteiger partial charge in [0.05, 0.1) is 0 Å². The quantitative estimate of drug-likeness (QED) is 0.626. The number of fused-ring (bicyclic) bond motifs is 1. The molecule has 2 aromatic carbocycles. The molecule has 0 radical (unpaired) electrons. The number of hydrogen-bond acceptors (Lipinski definition) is 2. The number of hydrogen-bond donors (Lipinski definition) is 2. The Bertz CT molecular complexity index is 574. The fourth-order valence-corrected chi connectivity index (χ4v) is 1.55. The topological polar surface area (TPSA) is 63.3 Å². The zero-order valence-electron chi connectivity index (χ0n) is 10.6. The molecule has 0 fully saturated rings. The number of aliphatic carboxylic acids is 1. The number of nitrogens with two attached hydrogens (primary N) is 1. The van der Waals surface area contributed by atoms with Crippen molar-refractivity contribution in [1.29, 1.82) is 0 Å². The van der Waals surface area contributed by atoms with Crippen molar-refractivity contribution in [2.45, 2.75) is 13.8 Å². The summed E-state index contributed by atoms with van der Waals surface area (Å²) < 4.78 is 0. The van der Waals surface area contributed by atoms with Gasteiger partial charge in [0, 0.05) is 11.8 Å². The van der Waals surface area contributed by atoms with Crippen LogP contribution in [0.5, 0.6) is 0 Å². The van der Waals surface area contributed by atoms with Crippen LogP contribution in [0.15, 0.2) is 42.5 Å². The van der Waals surface area contributed by atoms with Crippen molar-refractivity contribution in [1.82, 2.24) is 0 Å². The Morgan fingerprint density at radius 1 is 1.11 bits per heavy atom. The summed E-state index contributed by atoms with van der Waals surface area (Å²) in [6.07, 6.45) is 2.69. The Hall–Kier alpha value is -2.29. The molecule has 2 rings (SSSR count). The predicted molar refractivity (Wildman–Crippen MR) is 76.4 cm³/mol. The van der Waals surface area contributed by atoms with Crippen molar-refractivity contribution in [2.24, 2.45) is 0 Å². The third kappa shape index (κ3) is 3.63. The third-order valence-corrected chi connectivity index (χ3v) is 2.31. The summed E-state index contributed by atoms with van der Waals surface area (Å²) in [5, 5.41) is 10.6. The Morgan fingerprint density at radius 2 is 1.72 bits per heavy atom. The molecule has 0 unspecified atom stereocenters. The van der Waals surface area contributed by atoms with Crippen LogP contribution in [0.2, 0.25) is 0 Å². The first-order chi connectivity index (χ1) is 8.65. The minimum Gasteiger partial charge on any atom is -0.478 e. The van der Waals surface area contributed by atoms with E-state index in [9.17, 15) is 4.79 Å². The predicted octanol–water partition coefficient (Wildman–Crippen LogP) is 3.55. The maximum absolute atomic E-state index is 10.4. The molecule has 0 spiro atoms. The summed E-state index contributed by atoms with van der Waals surface area (Å²) in [6.45, 7) is 4.00. The van der Waals surface area contributed by atoms with Gasteiger partial charge in [0.2, 0.25) is 0 Å². The Labute approximate surface area is 107 Å². The summed E-state index contributed by atoms with van der Waals surface area (Å²) in [5.74, 6) is -0.947. The van der Waals surface area contributed by atoms with Crippen LogP contribution in [0.3, 0.4) is 0 Å². The SMILES string of the molecule is CC.Nc1ccc2cc(/C=C/C(=O)O)ccc2c1. The minimum absolute atomic E-state index is 0.723. The van der Waals surface area contributed by atoms with Crippen LogP contribution in [0.4, 0.5) is 5.69 Å². The first-order valence-corrected chi connectivity index (χ1v) is 5.85. The zero-order valence-corrected chi connectivity index (χ0v) is 10.6. The molecule has 3 nitrogen and oxygen atoms in total. The van der Waals surface area contributed by atoms with Gasteiger partial charge in [-0.05, 0) is 40.6 Å². The molecule has 0 aliphatic heterocycles. The lowest BCUT2D eigenvalue weighted by Crippen LogP contribution is -1.86. The van der Waals surface area contributed by atoms with E-state index in [0.29, 0.717) is 0 Å². The molecule has 0 saturated heterocycles. The van der Waals surface area contributed by atoms with Gasteiger partial charge in [0.25, 0.3) is 0 Å². The molecule has 0 aliphatic rings. The molecule has 0 saturated carbocycles. The highest BCUT2D eigenvalue weighted by molar-refractivity contribution is 5.89. The van der Waals surface area contributed by atoms with Crippen LogP contribution in [0.25, 0.3) is 16.8 Å². The molecule has 18 heavy (non-hydrogen) atoms. The van der Waals surface area contributed by atoms with Crippen LogP contribution in [0, 0.1) is 0 Å². The molecule has 0 aliphatic carbocycles. The fourth-order valence-electron chi connectivity index (χ4n) is 1.55. The van der Waals surface area contributed by atoms with Crippen molar-refractivity contribution in [3.05, 3.63) is 48.0 Å². The maximum Gasteiger partial charge on any atom is 0.328 e. The zero-order chi connectivity index (χ0) is 13.5. The Balaban J connectivity index is 0.000000771. The van der Waals surface area contributed by atoms with E-state index in [-0.39, 0.29) is 0 Å². The van der Waals surface area contributed by atoms with E-state index in [0.717, 1.165) is 28.1 Å². The highest BCUT2D eigenvalue weighted by Gasteiger charge is 1.95. The van der Waals surface area contributed by atoms with Crippen LogP contribution in [-0.4, -0.2) is 11.1 Å². The first kappa shape index (κ1) is 13.8. The van der Waals surface area contributed by atoms with Crippen molar-refractivity contribution < 1.29 is 9.90 Å². The number of anilines is 1. The van der Waals surface area contributed by atoms with Gasteiger partial charge in [-0.25, -0.2) is 4.79 Å². The van der Waals surface area contributed by atoms with E-state index >= 15 is 0 Å². The van der Waals surface area contributed by atoms with Gasteiger partial charge in [-0.3, -0.25) is 0 Å². The molecule has 0 heterocycles. The highest BCUT2D eigenvalue weighted by Crippen LogP contribution is 2.19. The van der Waals surface area contributed by atoms with Gasteiger partial charge in [-0.15, -0.1) is 0 Å². The molecule has 0 bridgehead atoms. The van der Waals surface area contributed by atoms with Crippen molar-refractivity contribution in [2.75, 3.05) is 5.73 Å². The molecule has 0 amide bonds. The van der Waals surface area contributed by atoms with Gasteiger partial charge in [-0.2, -0.15) is 0 Å². The highest BCUT2D eigenvalue weighted by atomic mass is 16.4. The average Bonchev–Trinajstić information content (AvgIpc) is 2.38. The van der Waals surface area contributed by atoms with Crippen LogP contribution in [0.1, 0.15) is 19.4 Å². The summed E-state index contributed by atoms with van der Waals surface area (Å²) in [5.41, 5.74) is 7.25. The lowest BCUT2D eigenvalue weighted by atomic mass is 10.1. The minimum atomic E-state index is -0.947. The number of carbonyl (C=O) groups is 1. The van der Waals surface area contributed by atoms with E-state index in [2.05, 4.69) is 0 Å². The second-order valence-electron chi connectivity index (χ2n) is 3.54. The molecule has 3 heteroatoms. The Kier molecular flexibility index (Phi) is 4.93. The van der Waals surface area contributed by atoms with Gasteiger partial charge in [0.15, 0.2) is 0 Å². The number of rotatable bonds is 2. The van der Waals surface area contributed by atoms with Crippen molar-refractivity contribution >= 4 is 28.5 Å². The van der Waals surface area contributed by atoms with Gasteiger partial charge < -0.3 is 10.8 Å². The first-order valence-electron chi connectivity index (χ1n) is 5.85. The van der Waals surface area contributed by atoms with E-state index in [1.807, 2.05) is 50.2 Å². The Morgan fingerprint density at radius 3 is 2.39 bits per heavy atom. The van der Waals surface area contributed by atoms with Crippen molar-refractivity contribution in [3.63, 3.8) is 0 Å². The number of carboxylic acid groups (broad SMARTS) is 1. The van der Waals surface area contributed by atoms with Gasteiger partial charge in [0.1, 0.15) is 0 Å². The average molecular weight is 243 g/mol. The monoisotopic (exact) mass is 243 g/mol. The maximum atomic E-state index is 10.4. The lowest BCUT2D eigenvalue weighted by molar-refractivity contribution is -0.131. The summed E-state index contributed by atoms with van der Waals surface area (Å²) in [7, 11) is 0. The van der Waals surface area contributed by atoms with E-state index < -0.39 is 5.97 Å². The van der Waals surface area contributed by atoms with Crippen molar-refractivity contribution in [3.8, 4) is 0 Å². The summed E-state index contributed by atoms with van der Waals surface area (Å²) >= 11 is 0. The van der Waals surface area contributed by atoms with E-state index in [1.54, 1.807) is 6.08 Å². The largest absolute Gasteiger partial charge is 0.478 e. The van der Waals surface area contributed by atoms with Gasteiger partial charge in [-0.1, -0.05) is 32.0 Å². The number of benzene rings is 2. The molecule has 0 aromatic heterocycles.